The Morgan fingerprint density at radius 2 is 1.46 bits per heavy atom. The van der Waals surface area contributed by atoms with Gasteiger partial charge >= 0.3 is 5.97 Å². The van der Waals surface area contributed by atoms with Gasteiger partial charge in [0.1, 0.15) is 0 Å². The number of hydrogen-bond acceptors (Lipinski definition) is 2. The fourth-order valence-corrected chi connectivity index (χ4v) is 2.69. The summed E-state index contributed by atoms with van der Waals surface area (Å²) in [4.78, 5) is 12.6. The lowest BCUT2D eigenvalue weighted by atomic mass is 9.89. The largest absolute Gasteiger partial charge is 0.481 e. The van der Waals surface area contributed by atoms with Gasteiger partial charge in [-0.2, -0.15) is 0 Å². The van der Waals surface area contributed by atoms with Crippen LogP contribution in [0.25, 0.3) is 11.1 Å². The zero-order valence-corrected chi connectivity index (χ0v) is 15.0. The van der Waals surface area contributed by atoms with E-state index in [1.54, 1.807) is 13.8 Å². The molecule has 2 aromatic carbocycles. The van der Waals surface area contributed by atoms with Crippen molar-refractivity contribution in [1.82, 2.24) is 4.90 Å². The highest BCUT2D eigenvalue weighted by Gasteiger charge is 2.26. The summed E-state index contributed by atoms with van der Waals surface area (Å²) in [6, 6.07) is 17.3. The number of rotatable bonds is 4. The van der Waals surface area contributed by atoms with Crippen LogP contribution < -0.4 is 0 Å². The van der Waals surface area contributed by atoms with Crippen molar-refractivity contribution in [3.05, 3.63) is 59.7 Å². The van der Waals surface area contributed by atoms with E-state index in [9.17, 15) is 4.79 Å². The van der Waals surface area contributed by atoms with E-state index >= 15 is 0 Å². The summed E-state index contributed by atoms with van der Waals surface area (Å²) >= 11 is 0. The van der Waals surface area contributed by atoms with Gasteiger partial charge < -0.3 is 10.0 Å². The van der Waals surface area contributed by atoms with E-state index in [1.165, 1.54) is 22.3 Å². The molecule has 0 spiro atoms. The highest BCUT2D eigenvalue weighted by molar-refractivity contribution is 5.76. The highest BCUT2D eigenvalue weighted by Crippen LogP contribution is 2.35. The van der Waals surface area contributed by atoms with Crippen molar-refractivity contribution in [2.45, 2.75) is 26.7 Å². The molecular formula is C21H27NO2. The third-order valence-electron chi connectivity index (χ3n) is 4.47. The summed E-state index contributed by atoms with van der Waals surface area (Å²) in [6.07, 6.45) is 1.79. The SMILES string of the molecule is CN(C)CCC(C)(C)C(=O)O.c1ccc2c(c1)Cc1ccccc1-2. The van der Waals surface area contributed by atoms with Gasteiger partial charge in [-0.3, -0.25) is 4.79 Å². The predicted octanol–water partition coefficient (Wildman–Crippen LogP) is 4.31. The number of aliphatic carboxylic acids is 1. The van der Waals surface area contributed by atoms with Crippen LogP contribution in [0.3, 0.4) is 0 Å². The second kappa shape index (κ2) is 7.63. The van der Waals surface area contributed by atoms with Gasteiger partial charge in [0.15, 0.2) is 0 Å². The molecule has 0 fully saturated rings. The first-order valence-corrected chi connectivity index (χ1v) is 8.35. The third-order valence-corrected chi connectivity index (χ3v) is 4.47. The van der Waals surface area contributed by atoms with Crippen LogP contribution in [0.1, 0.15) is 31.4 Å². The van der Waals surface area contributed by atoms with Crippen molar-refractivity contribution < 1.29 is 9.90 Å². The molecule has 3 nitrogen and oxygen atoms in total. The molecule has 3 heteroatoms. The van der Waals surface area contributed by atoms with Crippen molar-refractivity contribution in [3.8, 4) is 11.1 Å². The van der Waals surface area contributed by atoms with Gasteiger partial charge in [0.25, 0.3) is 0 Å². The van der Waals surface area contributed by atoms with Gasteiger partial charge in [0, 0.05) is 0 Å². The van der Waals surface area contributed by atoms with Gasteiger partial charge in [0.2, 0.25) is 0 Å². The number of carboxylic acids is 1. The minimum absolute atomic E-state index is 0.593. The molecule has 0 aromatic heterocycles. The number of hydrogen-bond donors (Lipinski definition) is 1. The van der Waals surface area contributed by atoms with Gasteiger partial charge in [-0.05, 0) is 69.6 Å². The first kappa shape index (κ1) is 18.2. The van der Waals surface area contributed by atoms with Gasteiger partial charge in [-0.15, -0.1) is 0 Å². The number of fused-ring (bicyclic) bond motifs is 3. The Balaban J connectivity index is 0.000000178. The van der Waals surface area contributed by atoms with Crippen molar-refractivity contribution in [1.29, 1.82) is 0 Å². The molecule has 1 aliphatic rings. The van der Waals surface area contributed by atoms with E-state index in [2.05, 4.69) is 48.5 Å². The van der Waals surface area contributed by atoms with Gasteiger partial charge in [0.05, 0.1) is 5.41 Å². The van der Waals surface area contributed by atoms with E-state index in [4.69, 9.17) is 5.11 Å². The zero-order valence-electron chi connectivity index (χ0n) is 15.0. The van der Waals surface area contributed by atoms with Crippen molar-refractivity contribution in [3.63, 3.8) is 0 Å². The molecular weight excluding hydrogens is 298 g/mol. The van der Waals surface area contributed by atoms with Crippen molar-refractivity contribution in [2.24, 2.45) is 5.41 Å². The molecule has 0 saturated heterocycles. The Kier molecular flexibility index (Phi) is 5.79. The van der Waals surface area contributed by atoms with E-state index in [1.807, 2.05) is 19.0 Å². The van der Waals surface area contributed by atoms with Crippen LogP contribution in [-0.4, -0.2) is 36.6 Å². The lowest BCUT2D eigenvalue weighted by Crippen LogP contribution is -2.28. The van der Waals surface area contributed by atoms with Crippen LogP contribution in [0.2, 0.25) is 0 Å². The molecule has 0 heterocycles. The summed E-state index contributed by atoms with van der Waals surface area (Å²) in [5.41, 5.74) is 5.16. The smallest absolute Gasteiger partial charge is 0.309 e. The maximum absolute atomic E-state index is 10.6. The molecule has 0 atom stereocenters. The third kappa shape index (κ3) is 4.45. The Morgan fingerprint density at radius 1 is 1.00 bits per heavy atom. The summed E-state index contributed by atoms with van der Waals surface area (Å²) in [7, 11) is 3.88. The first-order chi connectivity index (χ1) is 11.3. The second-order valence-corrected chi connectivity index (χ2v) is 7.23. The number of carbonyl (C=O) groups is 1. The molecule has 0 bridgehead atoms. The van der Waals surface area contributed by atoms with Crippen molar-refractivity contribution in [2.75, 3.05) is 20.6 Å². The maximum Gasteiger partial charge on any atom is 0.309 e. The van der Waals surface area contributed by atoms with Crippen LogP contribution in [0.15, 0.2) is 48.5 Å². The first-order valence-electron chi connectivity index (χ1n) is 8.35. The molecule has 1 aliphatic carbocycles. The van der Waals surface area contributed by atoms with E-state index in [0.717, 1.165) is 13.0 Å². The van der Waals surface area contributed by atoms with Crippen LogP contribution in [0, 0.1) is 5.41 Å². The maximum atomic E-state index is 10.6. The standard InChI is InChI=1S/C13H10.C8H17NO2/c1-3-7-12-10(5-1)9-11-6-2-4-8-13(11)12;1-8(2,7(10)11)5-6-9(3)4/h1-8H,9H2;5-6H2,1-4H3,(H,10,11). The molecule has 3 rings (SSSR count). The van der Waals surface area contributed by atoms with Crippen LogP contribution >= 0.6 is 0 Å². The Labute approximate surface area is 144 Å². The van der Waals surface area contributed by atoms with E-state index in [-0.39, 0.29) is 0 Å². The normalized spacial score (nSPS) is 12.2. The van der Waals surface area contributed by atoms with Crippen LogP contribution in [-0.2, 0) is 11.2 Å². The highest BCUT2D eigenvalue weighted by atomic mass is 16.4. The second-order valence-electron chi connectivity index (χ2n) is 7.23. The van der Waals surface area contributed by atoms with Gasteiger partial charge in [-0.1, -0.05) is 48.5 Å². The Bertz CT molecular complexity index is 661. The summed E-state index contributed by atoms with van der Waals surface area (Å²) in [5.74, 6) is -0.723. The minimum atomic E-state index is -0.723. The van der Waals surface area contributed by atoms with Gasteiger partial charge in [-0.25, -0.2) is 0 Å². The molecule has 2 aromatic rings. The predicted molar refractivity (Wildman–Crippen MR) is 99.3 cm³/mol. The summed E-state index contributed by atoms with van der Waals surface area (Å²) < 4.78 is 0. The van der Waals surface area contributed by atoms with Crippen LogP contribution in [0.5, 0.6) is 0 Å². The number of benzene rings is 2. The van der Waals surface area contributed by atoms with E-state index in [0.29, 0.717) is 6.42 Å². The summed E-state index contributed by atoms with van der Waals surface area (Å²) in [5, 5.41) is 8.74. The molecule has 0 amide bonds. The Morgan fingerprint density at radius 3 is 1.88 bits per heavy atom. The fraction of sp³-hybridized carbons (Fsp3) is 0.381. The molecule has 0 unspecified atom stereocenters. The molecule has 24 heavy (non-hydrogen) atoms. The number of carboxylic acid groups (broad SMARTS) is 1. The molecule has 128 valence electrons. The molecule has 0 aliphatic heterocycles. The number of nitrogens with zero attached hydrogens (tertiary/aromatic N) is 1. The lowest BCUT2D eigenvalue weighted by molar-refractivity contribution is -0.147. The zero-order chi connectivity index (χ0) is 17.7. The monoisotopic (exact) mass is 325 g/mol. The topological polar surface area (TPSA) is 40.5 Å². The molecule has 1 N–H and O–H groups in total. The molecule has 0 saturated carbocycles. The average Bonchev–Trinajstić information content (AvgIpc) is 2.92. The summed E-state index contributed by atoms with van der Waals surface area (Å²) in [6.45, 7) is 4.32. The fourth-order valence-electron chi connectivity index (χ4n) is 2.69. The van der Waals surface area contributed by atoms with Crippen LogP contribution in [0.4, 0.5) is 0 Å². The van der Waals surface area contributed by atoms with Crippen molar-refractivity contribution >= 4 is 5.97 Å². The quantitative estimate of drug-likeness (QED) is 0.777. The minimum Gasteiger partial charge on any atom is -0.481 e. The lowest BCUT2D eigenvalue weighted by Gasteiger charge is -2.20. The Hall–Kier alpha value is -2.13. The van der Waals surface area contributed by atoms with E-state index < -0.39 is 11.4 Å². The molecule has 0 radical (unpaired) electrons. The average molecular weight is 325 g/mol.